The number of hydrogen-bond acceptors (Lipinski definition) is 1. The van der Waals surface area contributed by atoms with Crippen molar-refractivity contribution in [1.82, 2.24) is 5.32 Å². The average molecular weight is 277 g/mol. The second-order valence-corrected chi connectivity index (χ2v) is 5.08. The molecule has 0 saturated heterocycles. The Bertz CT molecular complexity index is 636. The summed E-state index contributed by atoms with van der Waals surface area (Å²) in [5.74, 6) is -1.39. The molecule has 0 amide bonds. The van der Waals surface area contributed by atoms with Crippen molar-refractivity contribution in [2.45, 2.75) is 25.4 Å². The first kappa shape index (κ1) is 13.2. The highest BCUT2D eigenvalue weighted by Crippen LogP contribution is 2.29. The van der Waals surface area contributed by atoms with Gasteiger partial charge in [-0.3, -0.25) is 0 Å². The smallest absolute Gasteiger partial charge is 0.131 e. The van der Waals surface area contributed by atoms with Crippen molar-refractivity contribution in [3.63, 3.8) is 0 Å². The van der Waals surface area contributed by atoms with Crippen LogP contribution in [0.1, 0.15) is 18.4 Å². The summed E-state index contributed by atoms with van der Waals surface area (Å²) < 4.78 is 40.6. The van der Waals surface area contributed by atoms with Crippen LogP contribution in [0.5, 0.6) is 0 Å². The Hall–Kier alpha value is -1.81. The van der Waals surface area contributed by atoms with Crippen LogP contribution in [0.2, 0.25) is 0 Å². The maximum atomic E-state index is 13.9. The van der Waals surface area contributed by atoms with E-state index < -0.39 is 11.6 Å². The van der Waals surface area contributed by atoms with Gasteiger partial charge in [0.1, 0.15) is 17.5 Å². The lowest BCUT2D eigenvalue weighted by Gasteiger charge is -2.12. The number of nitrogens with one attached hydrogen (secondary N) is 1. The van der Waals surface area contributed by atoms with Crippen molar-refractivity contribution in [1.29, 1.82) is 0 Å². The van der Waals surface area contributed by atoms with Crippen molar-refractivity contribution >= 4 is 0 Å². The number of rotatable bonds is 4. The molecule has 2 aromatic carbocycles. The Kier molecular flexibility index (Phi) is 3.49. The minimum atomic E-state index is -0.509. The standard InChI is InChI=1S/C16H14F3N/c17-11-1-5-14(10(7-11)9-20-13-3-4-13)15-8-12(18)2-6-16(15)19/h1-2,5-8,13,20H,3-4,9H2. The van der Waals surface area contributed by atoms with E-state index in [0.717, 1.165) is 31.0 Å². The first-order valence-corrected chi connectivity index (χ1v) is 6.61. The minimum Gasteiger partial charge on any atom is -0.310 e. The molecular formula is C16H14F3N. The van der Waals surface area contributed by atoms with E-state index in [-0.39, 0.29) is 11.4 Å². The van der Waals surface area contributed by atoms with Crippen molar-refractivity contribution in [2.24, 2.45) is 0 Å². The molecule has 0 aromatic heterocycles. The molecule has 1 N–H and O–H groups in total. The fourth-order valence-corrected chi connectivity index (χ4v) is 2.22. The molecule has 1 fully saturated rings. The molecule has 0 bridgehead atoms. The van der Waals surface area contributed by atoms with Gasteiger partial charge < -0.3 is 5.32 Å². The van der Waals surface area contributed by atoms with E-state index in [1.165, 1.54) is 18.2 Å². The summed E-state index contributed by atoms with van der Waals surface area (Å²) in [7, 11) is 0. The van der Waals surface area contributed by atoms with Gasteiger partial charge in [0.15, 0.2) is 0 Å². The summed E-state index contributed by atoms with van der Waals surface area (Å²) in [4.78, 5) is 0. The lowest BCUT2D eigenvalue weighted by molar-refractivity contribution is 0.601. The van der Waals surface area contributed by atoms with Crippen molar-refractivity contribution in [2.75, 3.05) is 0 Å². The third-order valence-corrected chi connectivity index (χ3v) is 3.44. The van der Waals surface area contributed by atoms with Gasteiger partial charge in [0.05, 0.1) is 0 Å². The highest BCUT2D eigenvalue weighted by atomic mass is 19.1. The Morgan fingerprint density at radius 1 is 0.900 bits per heavy atom. The van der Waals surface area contributed by atoms with E-state index >= 15 is 0 Å². The van der Waals surface area contributed by atoms with Gasteiger partial charge in [0.25, 0.3) is 0 Å². The molecule has 1 aliphatic rings. The lowest BCUT2D eigenvalue weighted by Crippen LogP contribution is -2.16. The van der Waals surface area contributed by atoms with Crippen LogP contribution in [-0.2, 0) is 6.54 Å². The van der Waals surface area contributed by atoms with Crippen molar-refractivity contribution < 1.29 is 13.2 Å². The van der Waals surface area contributed by atoms with E-state index in [9.17, 15) is 13.2 Å². The molecular weight excluding hydrogens is 263 g/mol. The van der Waals surface area contributed by atoms with Gasteiger partial charge in [-0.1, -0.05) is 6.07 Å². The van der Waals surface area contributed by atoms with Crippen molar-refractivity contribution in [3.8, 4) is 11.1 Å². The Balaban J connectivity index is 1.99. The highest BCUT2D eigenvalue weighted by Gasteiger charge is 2.21. The molecule has 0 radical (unpaired) electrons. The van der Waals surface area contributed by atoms with E-state index in [2.05, 4.69) is 5.32 Å². The molecule has 0 atom stereocenters. The van der Waals surface area contributed by atoms with Crippen LogP contribution >= 0.6 is 0 Å². The maximum Gasteiger partial charge on any atom is 0.131 e. The van der Waals surface area contributed by atoms with Gasteiger partial charge in [-0.2, -0.15) is 0 Å². The summed E-state index contributed by atoms with van der Waals surface area (Å²) in [6.07, 6.45) is 2.22. The molecule has 0 aliphatic heterocycles. The summed E-state index contributed by atoms with van der Waals surface area (Å²) in [5.41, 5.74) is 1.33. The highest BCUT2D eigenvalue weighted by molar-refractivity contribution is 5.68. The fourth-order valence-electron chi connectivity index (χ4n) is 2.22. The molecule has 1 nitrogen and oxygen atoms in total. The van der Waals surface area contributed by atoms with Crippen LogP contribution < -0.4 is 5.32 Å². The lowest BCUT2D eigenvalue weighted by atomic mass is 9.98. The maximum absolute atomic E-state index is 13.9. The molecule has 0 spiro atoms. The molecule has 104 valence electrons. The second-order valence-electron chi connectivity index (χ2n) is 5.08. The summed E-state index contributed by atoms with van der Waals surface area (Å²) in [5, 5.41) is 3.26. The second kappa shape index (κ2) is 5.29. The Morgan fingerprint density at radius 2 is 1.60 bits per heavy atom. The van der Waals surface area contributed by atoms with Crippen LogP contribution in [0, 0.1) is 17.5 Å². The van der Waals surface area contributed by atoms with Crippen LogP contribution in [0.3, 0.4) is 0 Å². The van der Waals surface area contributed by atoms with Crippen LogP contribution in [-0.4, -0.2) is 6.04 Å². The number of halogens is 3. The number of benzene rings is 2. The zero-order chi connectivity index (χ0) is 14.1. The summed E-state index contributed by atoms with van der Waals surface area (Å²) >= 11 is 0. The van der Waals surface area contributed by atoms with Gasteiger partial charge in [-0.25, -0.2) is 13.2 Å². The molecule has 4 heteroatoms. The Morgan fingerprint density at radius 3 is 2.35 bits per heavy atom. The fraction of sp³-hybridized carbons (Fsp3) is 0.250. The SMILES string of the molecule is Fc1ccc(-c2cc(F)ccc2F)c(CNC2CC2)c1. The monoisotopic (exact) mass is 277 g/mol. The third kappa shape index (κ3) is 2.85. The van der Waals surface area contributed by atoms with Gasteiger partial charge in [-0.15, -0.1) is 0 Å². The predicted molar refractivity (Wildman–Crippen MR) is 71.6 cm³/mol. The van der Waals surface area contributed by atoms with Gasteiger partial charge in [0, 0.05) is 18.2 Å². The van der Waals surface area contributed by atoms with Crippen molar-refractivity contribution in [3.05, 3.63) is 59.4 Å². The van der Waals surface area contributed by atoms with Crippen LogP contribution in [0.15, 0.2) is 36.4 Å². The first-order valence-electron chi connectivity index (χ1n) is 6.61. The molecule has 0 unspecified atom stereocenters. The molecule has 3 rings (SSSR count). The van der Waals surface area contributed by atoms with Gasteiger partial charge in [-0.05, 0) is 54.3 Å². The molecule has 20 heavy (non-hydrogen) atoms. The van der Waals surface area contributed by atoms with E-state index in [1.54, 1.807) is 0 Å². The van der Waals surface area contributed by atoms with Gasteiger partial charge in [0.2, 0.25) is 0 Å². The zero-order valence-corrected chi connectivity index (χ0v) is 10.8. The number of hydrogen-bond donors (Lipinski definition) is 1. The molecule has 1 aliphatic carbocycles. The topological polar surface area (TPSA) is 12.0 Å². The largest absolute Gasteiger partial charge is 0.310 e. The molecule has 0 heterocycles. The quantitative estimate of drug-likeness (QED) is 0.890. The molecule has 2 aromatic rings. The van der Waals surface area contributed by atoms with E-state index in [1.807, 2.05) is 0 Å². The minimum absolute atomic E-state index is 0.164. The van der Waals surface area contributed by atoms with Crippen LogP contribution in [0.4, 0.5) is 13.2 Å². The average Bonchev–Trinajstić information content (AvgIpc) is 3.24. The summed E-state index contributed by atoms with van der Waals surface area (Å²) in [6.45, 7) is 0.452. The van der Waals surface area contributed by atoms with E-state index in [4.69, 9.17) is 0 Å². The van der Waals surface area contributed by atoms with E-state index in [0.29, 0.717) is 23.7 Å². The summed E-state index contributed by atoms with van der Waals surface area (Å²) in [6, 6.07) is 7.90. The third-order valence-electron chi connectivity index (χ3n) is 3.44. The van der Waals surface area contributed by atoms with Crippen LogP contribution in [0.25, 0.3) is 11.1 Å². The zero-order valence-electron chi connectivity index (χ0n) is 10.8. The van der Waals surface area contributed by atoms with Gasteiger partial charge >= 0.3 is 0 Å². The normalized spacial score (nSPS) is 14.6. The first-order chi connectivity index (χ1) is 9.63. The molecule has 1 saturated carbocycles. The Labute approximate surface area is 115 Å². The predicted octanol–water partition coefficient (Wildman–Crippen LogP) is 4.02.